The van der Waals surface area contributed by atoms with Gasteiger partial charge in [0, 0.05) is 23.9 Å². The first-order valence-corrected chi connectivity index (χ1v) is 6.99. The Bertz CT molecular complexity index is 364. The van der Waals surface area contributed by atoms with E-state index in [1.165, 1.54) is 0 Å². The zero-order valence-corrected chi connectivity index (χ0v) is 12.6. The highest BCUT2D eigenvalue weighted by molar-refractivity contribution is 7.99. The molecule has 1 aromatic rings. The summed E-state index contributed by atoms with van der Waals surface area (Å²) in [5.74, 6) is 1.36. The Kier molecular flexibility index (Phi) is 10.3. The van der Waals surface area contributed by atoms with Crippen LogP contribution < -0.4 is 10.6 Å². The number of rotatable bonds is 7. The molecule has 0 bridgehead atoms. The predicted octanol–water partition coefficient (Wildman–Crippen LogP) is 2.33. The van der Waals surface area contributed by atoms with Crippen LogP contribution in [-0.4, -0.2) is 31.8 Å². The third-order valence-electron chi connectivity index (χ3n) is 2.09. The van der Waals surface area contributed by atoms with E-state index in [4.69, 9.17) is 11.6 Å². The number of carbonyl (C=O) groups is 1. The smallest absolute Gasteiger partial charge is 0.230 e. The lowest BCUT2D eigenvalue weighted by Gasteiger charge is -2.05. The van der Waals surface area contributed by atoms with Gasteiger partial charge in [0.2, 0.25) is 5.91 Å². The van der Waals surface area contributed by atoms with Crippen LogP contribution in [0, 0.1) is 0 Å². The van der Waals surface area contributed by atoms with Crippen molar-refractivity contribution >= 4 is 41.7 Å². The van der Waals surface area contributed by atoms with Crippen LogP contribution in [0.3, 0.4) is 0 Å². The first kappa shape index (κ1) is 17.6. The van der Waals surface area contributed by atoms with E-state index in [1.807, 2.05) is 31.3 Å². The van der Waals surface area contributed by atoms with Crippen molar-refractivity contribution in [1.82, 2.24) is 10.6 Å². The van der Waals surface area contributed by atoms with E-state index >= 15 is 0 Å². The highest BCUT2D eigenvalue weighted by atomic mass is 35.5. The van der Waals surface area contributed by atoms with Crippen LogP contribution in [0.15, 0.2) is 24.3 Å². The summed E-state index contributed by atoms with van der Waals surface area (Å²) in [5.41, 5.74) is 1.14. The number of carbonyl (C=O) groups excluding carboxylic acids is 1. The zero-order chi connectivity index (χ0) is 12.5. The van der Waals surface area contributed by atoms with Crippen molar-refractivity contribution in [3.8, 4) is 0 Å². The molecule has 0 unspecified atom stereocenters. The lowest BCUT2D eigenvalue weighted by atomic mass is 10.2. The van der Waals surface area contributed by atoms with E-state index in [9.17, 15) is 4.79 Å². The van der Waals surface area contributed by atoms with Gasteiger partial charge in [-0.15, -0.1) is 24.2 Å². The molecule has 0 saturated carbocycles. The van der Waals surface area contributed by atoms with Gasteiger partial charge in [-0.2, -0.15) is 0 Å². The van der Waals surface area contributed by atoms with Gasteiger partial charge >= 0.3 is 0 Å². The molecule has 18 heavy (non-hydrogen) atoms. The Morgan fingerprint density at radius 3 is 2.83 bits per heavy atom. The highest BCUT2D eigenvalue weighted by Crippen LogP contribution is 2.16. The van der Waals surface area contributed by atoms with E-state index < -0.39 is 0 Å². The summed E-state index contributed by atoms with van der Waals surface area (Å²) in [6.07, 6.45) is 0. The zero-order valence-electron chi connectivity index (χ0n) is 10.2. The average Bonchev–Trinajstić information content (AvgIpc) is 2.29. The number of benzene rings is 1. The van der Waals surface area contributed by atoms with Crippen LogP contribution in [0.25, 0.3) is 0 Å². The molecule has 0 saturated heterocycles. The van der Waals surface area contributed by atoms with Crippen LogP contribution in [-0.2, 0) is 10.5 Å². The fourth-order valence-corrected chi connectivity index (χ4v) is 2.28. The van der Waals surface area contributed by atoms with Crippen molar-refractivity contribution in [1.29, 1.82) is 0 Å². The van der Waals surface area contributed by atoms with Crippen LogP contribution in [0.2, 0.25) is 5.02 Å². The lowest BCUT2D eigenvalue weighted by Crippen LogP contribution is -2.31. The Labute approximate surface area is 123 Å². The number of likely N-dealkylation sites (N-methyl/N-ethyl adjacent to an activating group) is 1. The number of hydrogen-bond acceptors (Lipinski definition) is 3. The maximum Gasteiger partial charge on any atom is 0.230 e. The van der Waals surface area contributed by atoms with Gasteiger partial charge in [-0.3, -0.25) is 4.79 Å². The average molecular weight is 309 g/mol. The van der Waals surface area contributed by atoms with Gasteiger partial charge in [0.05, 0.1) is 5.75 Å². The van der Waals surface area contributed by atoms with E-state index in [2.05, 4.69) is 10.6 Å². The molecular formula is C12H18Cl2N2OS. The Morgan fingerprint density at radius 1 is 1.39 bits per heavy atom. The number of thioether (sulfide) groups is 1. The maximum atomic E-state index is 11.4. The maximum absolute atomic E-state index is 11.4. The molecule has 0 radical (unpaired) electrons. The van der Waals surface area contributed by atoms with Crippen molar-refractivity contribution in [2.24, 2.45) is 0 Å². The molecule has 1 rings (SSSR count). The molecule has 0 aromatic heterocycles. The van der Waals surface area contributed by atoms with E-state index in [0.717, 1.165) is 22.9 Å². The summed E-state index contributed by atoms with van der Waals surface area (Å²) < 4.78 is 0. The Hall–Kier alpha value is -0.420. The van der Waals surface area contributed by atoms with Gasteiger partial charge in [-0.05, 0) is 24.7 Å². The topological polar surface area (TPSA) is 41.1 Å². The largest absolute Gasteiger partial charge is 0.354 e. The molecule has 0 aliphatic heterocycles. The first-order valence-electron chi connectivity index (χ1n) is 5.46. The van der Waals surface area contributed by atoms with Gasteiger partial charge in [0.1, 0.15) is 0 Å². The minimum Gasteiger partial charge on any atom is -0.354 e. The van der Waals surface area contributed by atoms with Crippen LogP contribution in [0.5, 0.6) is 0 Å². The number of halogens is 2. The standard InChI is InChI=1S/C12H17ClN2OS.ClH/c1-14-5-6-15-12(16)9-17-8-10-3-2-4-11(13)7-10;/h2-4,7,14H,5-6,8-9H2,1H3,(H,15,16);1H. The molecule has 0 spiro atoms. The van der Waals surface area contributed by atoms with Gasteiger partial charge in [0.25, 0.3) is 0 Å². The minimum absolute atomic E-state index is 0. The molecule has 0 aliphatic carbocycles. The van der Waals surface area contributed by atoms with Gasteiger partial charge < -0.3 is 10.6 Å². The van der Waals surface area contributed by atoms with Crippen molar-refractivity contribution in [2.75, 3.05) is 25.9 Å². The van der Waals surface area contributed by atoms with Gasteiger partial charge in [-0.25, -0.2) is 0 Å². The molecule has 102 valence electrons. The lowest BCUT2D eigenvalue weighted by molar-refractivity contribution is -0.118. The fraction of sp³-hybridized carbons (Fsp3) is 0.417. The van der Waals surface area contributed by atoms with Crippen molar-refractivity contribution < 1.29 is 4.79 Å². The van der Waals surface area contributed by atoms with E-state index in [0.29, 0.717) is 12.3 Å². The summed E-state index contributed by atoms with van der Waals surface area (Å²) in [4.78, 5) is 11.4. The molecule has 1 aromatic carbocycles. The Morgan fingerprint density at radius 2 is 2.17 bits per heavy atom. The predicted molar refractivity (Wildman–Crippen MR) is 81.8 cm³/mol. The highest BCUT2D eigenvalue weighted by Gasteiger charge is 2.01. The summed E-state index contributed by atoms with van der Waals surface area (Å²) in [6.45, 7) is 1.47. The summed E-state index contributed by atoms with van der Waals surface area (Å²) >= 11 is 7.47. The molecule has 2 N–H and O–H groups in total. The number of hydrogen-bond donors (Lipinski definition) is 2. The molecule has 6 heteroatoms. The van der Waals surface area contributed by atoms with E-state index in [-0.39, 0.29) is 18.3 Å². The number of amides is 1. The monoisotopic (exact) mass is 308 g/mol. The second-order valence-corrected chi connectivity index (χ2v) is 5.00. The third kappa shape index (κ3) is 7.82. The first-order chi connectivity index (χ1) is 8.22. The Balaban J connectivity index is 0.00000289. The van der Waals surface area contributed by atoms with Crippen molar-refractivity contribution in [3.05, 3.63) is 34.9 Å². The molecule has 1 amide bonds. The normalized spacial score (nSPS) is 9.67. The molecule has 0 atom stereocenters. The van der Waals surface area contributed by atoms with Crippen LogP contribution in [0.1, 0.15) is 5.56 Å². The molecule has 0 aliphatic rings. The molecular weight excluding hydrogens is 291 g/mol. The summed E-state index contributed by atoms with van der Waals surface area (Å²) in [6, 6.07) is 7.71. The van der Waals surface area contributed by atoms with Crippen molar-refractivity contribution in [2.45, 2.75) is 5.75 Å². The number of nitrogens with one attached hydrogen (secondary N) is 2. The summed E-state index contributed by atoms with van der Waals surface area (Å²) in [7, 11) is 1.86. The fourth-order valence-electron chi connectivity index (χ4n) is 1.27. The van der Waals surface area contributed by atoms with E-state index in [1.54, 1.807) is 11.8 Å². The second kappa shape index (κ2) is 10.5. The summed E-state index contributed by atoms with van der Waals surface area (Å²) in [5, 5.41) is 6.55. The quantitative estimate of drug-likeness (QED) is 0.760. The van der Waals surface area contributed by atoms with Crippen LogP contribution >= 0.6 is 35.8 Å². The minimum atomic E-state index is 0. The third-order valence-corrected chi connectivity index (χ3v) is 3.33. The van der Waals surface area contributed by atoms with Gasteiger partial charge in [0.15, 0.2) is 0 Å². The van der Waals surface area contributed by atoms with Crippen LogP contribution in [0.4, 0.5) is 0 Å². The molecule has 0 fully saturated rings. The molecule has 3 nitrogen and oxygen atoms in total. The second-order valence-electron chi connectivity index (χ2n) is 3.58. The van der Waals surface area contributed by atoms with Crippen molar-refractivity contribution in [3.63, 3.8) is 0 Å². The SMILES string of the molecule is CNCCNC(=O)CSCc1cccc(Cl)c1.Cl. The molecule has 0 heterocycles. The van der Waals surface area contributed by atoms with Gasteiger partial charge in [-0.1, -0.05) is 23.7 Å².